The van der Waals surface area contributed by atoms with Gasteiger partial charge in [-0.05, 0) is 47.9 Å². The second kappa shape index (κ2) is 7.89. The van der Waals surface area contributed by atoms with Crippen molar-refractivity contribution in [2.24, 2.45) is 0 Å². The molecule has 3 rings (SSSR count). The van der Waals surface area contributed by atoms with Gasteiger partial charge in [-0.2, -0.15) is 0 Å². The van der Waals surface area contributed by atoms with Crippen LogP contribution in [0, 0.1) is 6.92 Å². The van der Waals surface area contributed by atoms with Crippen LogP contribution in [0.3, 0.4) is 0 Å². The molecule has 0 saturated heterocycles. The van der Waals surface area contributed by atoms with Crippen molar-refractivity contribution in [2.45, 2.75) is 20.1 Å². The zero-order chi connectivity index (χ0) is 16.8. The minimum atomic E-state index is 0.583. The second-order valence-electron chi connectivity index (χ2n) is 5.73. The highest BCUT2D eigenvalue weighted by atomic mass is 35.5. The molecule has 3 aromatic carbocycles. The highest BCUT2D eigenvalue weighted by molar-refractivity contribution is 6.30. The Kier molecular flexibility index (Phi) is 5.39. The molecule has 0 spiro atoms. The van der Waals surface area contributed by atoms with E-state index in [9.17, 15) is 0 Å². The summed E-state index contributed by atoms with van der Waals surface area (Å²) in [5.74, 6) is 0.876. The molecule has 3 heteroatoms. The average Bonchev–Trinajstić information content (AvgIpc) is 2.62. The number of rotatable bonds is 6. The van der Waals surface area contributed by atoms with E-state index in [-0.39, 0.29) is 0 Å². The molecule has 2 nitrogen and oxygen atoms in total. The van der Waals surface area contributed by atoms with E-state index in [1.807, 2.05) is 48.5 Å². The Bertz CT molecular complexity index is 785. The Labute approximate surface area is 148 Å². The minimum absolute atomic E-state index is 0.583. The third kappa shape index (κ3) is 4.53. The number of aryl methyl sites for hydroxylation is 1. The van der Waals surface area contributed by atoms with Gasteiger partial charge in [-0.15, -0.1) is 0 Å². The van der Waals surface area contributed by atoms with Crippen LogP contribution in [-0.4, -0.2) is 0 Å². The van der Waals surface area contributed by atoms with Crippen molar-refractivity contribution >= 4 is 17.3 Å². The van der Waals surface area contributed by atoms with Crippen LogP contribution < -0.4 is 10.1 Å². The summed E-state index contributed by atoms with van der Waals surface area (Å²) in [5, 5.41) is 4.17. The van der Waals surface area contributed by atoms with E-state index in [0.29, 0.717) is 6.61 Å². The van der Waals surface area contributed by atoms with E-state index in [1.165, 1.54) is 16.7 Å². The summed E-state index contributed by atoms with van der Waals surface area (Å²) in [4.78, 5) is 0. The monoisotopic (exact) mass is 337 g/mol. The quantitative estimate of drug-likeness (QED) is 0.610. The van der Waals surface area contributed by atoms with Crippen LogP contribution in [0.5, 0.6) is 5.75 Å². The summed E-state index contributed by atoms with van der Waals surface area (Å²) in [6, 6.07) is 24.2. The summed E-state index contributed by atoms with van der Waals surface area (Å²) >= 11 is 6.05. The summed E-state index contributed by atoms with van der Waals surface area (Å²) in [6.45, 7) is 3.40. The first-order valence-corrected chi connectivity index (χ1v) is 8.34. The van der Waals surface area contributed by atoms with Gasteiger partial charge < -0.3 is 10.1 Å². The first kappa shape index (κ1) is 16.4. The van der Waals surface area contributed by atoms with E-state index in [2.05, 4.69) is 36.5 Å². The van der Waals surface area contributed by atoms with Gasteiger partial charge in [0.05, 0.1) is 0 Å². The van der Waals surface area contributed by atoms with Gasteiger partial charge >= 0.3 is 0 Å². The molecule has 0 aliphatic rings. The molecule has 0 fully saturated rings. The number of ether oxygens (including phenoxy) is 1. The number of anilines is 1. The Hall–Kier alpha value is -2.45. The van der Waals surface area contributed by atoms with Gasteiger partial charge in [0.2, 0.25) is 0 Å². The van der Waals surface area contributed by atoms with Gasteiger partial charge in [0, 0.05) is 17.3 Å². The van der Waals surface area contributed by atoms with Crippen molar-refractivity contribution < 1.29 is 4.74 Å². The molecule has 0 heterocycles. The Morgan fingerprint density at radius 3 is 2.38 bits per heavy atom. The lowest BCUT2D eigenvalue weighted by atomic mass is 10.1. The smallest absolute Gasteiger partial charge is 0.119 e. The third-order valence-corrected chi connectivity index (χ3v) is 4.09. The van der Waals surface area contributed by atoms with Crippen molar-refractivity contribution in [1.29, 1.82) is 0 Å². The van der Waals surface area contributed by atoms with Crippen molar-refractivity contribution in [2.75, 3.05) is 5.32 Å². The van der Waals surface area contributed by atoms with Crippen LogP contribution in [0.1, 0.15) is 16.7 Å². The lowest BCUT2D eigenvalue weighted by molar-refractivity contribution is 0.306. The van der Waals surface area contributed by atoms with Crippen LogP contribution in [0.15, 0.2) is 72.8 Å². The van der Waals surface area contributed by atoms with E-state index >= 15 is 0 Å². The highest BCUT2D eigenvalue weighted by Crippen LogP contribution is 2.21. The molecular formula is C21H20ClNO. The summed E-state index contributed by atoms with van der Waals surface area (Å²) in [5.41, 5.74) is 4.61. The Morgan fingerprint density at radius 2 is 1.62 bits per heavy atom. The fourth-order valence-electron chi connectivity index (χ4n) is 2.43. The molecular weight excluding hydrogens is 318 g/mol. The molecule has 0 aliphatic heterocycles. The summed E-state index contributed by atoms with van der Waals surface area (Å²) in [6.07, 6.45) is 0. The van der Waals surface area contributed by atoms with Gasteiger partial charge in [0.15, 0.2) is 0 Å². The maximum Gasteiger partial charge on any atom is 0.119 e. The standard InChI is InChI=1S/C21H20ClNO/c1-16-7-10-19(22)13-21(16)23-14-17-8-11-20(12-9-17)24-15-18-5-3-2-4-6-18/h2-13,23H,14-15H2,1H3. The Morgan fingerprint density at radius 1 is 0.875 bits per heavy atom. The van der Waals surface area contributed by atoms with Gasteiger partial charge in [-0.3, -0.25) is 0 Å². The van der Waals surface area contributed by atoms with Crippen molar-refractivity contribution in [3.05, 3.63) is 94.5 Å². The number of hydrogen-bond donors (Lipinski definition) is 1. The predicted octanol–water partition coefficient (Wildman–Crippen LogP) is 5.84. The largest absolute Gasteiger partial charge is 0.489 e. The molecule has 0 aliphatic carbocycles. The van der Waals surface area contributed by atoms with E-state index in [0.717, 1.165) is 23.0 Å². The Balaban J connectivity index is 1.55. The van der Waals surface area contributed by atoms with Crippen molar-refractivity contribution in [3.63, 3.8) is 0 Å². The molecule has 0 saturated carbocycles. The SMILES string of the molecule is Cc1ccc(Cl)cc1NCc1ccc(OCc2ccccc2)cc1. The van der Waals surface area contributed by atoms with Crippen LogP contribution >= 0.6 is 11.6 Å². The second-order valence-corrected chi connectivity index (χ2v) is 6.17. The molecule has 0 unspecified atom stereocenters. The van der Waals surface area contributed by atoms with Crippen molar-refractivity contribution in [1.82, 2.24) is 0 Å². The third-order valence-electron chi connectivity index (χ3n) is 3.85. The van der Waals surface area contributed by atoms with Crippen LogP contribution in [0.25, 0.3) is 0 Å². The normalized spacial score (nSPS) is 10.4. The molecule has 0 atom stereocenters. The first-order valence-electron chi connectivity index (χ1n) is 7.96. The number of benzene rings is 3. The van der Waals surface area contributed by atoms with Gasteiger partial charge in [0.25, 0.3) is 0 Å². The minimum Gasteiger partial charge on any atom is -0.489 e. The summed E-state index contributed by atoms with van der Waals surface area (Å²) in [7, 11) is 0. The van der Waals surface area contributed by atoms with Crippen molar-refractivity contribution in [3.8, 4) is 5.75 Å². The summed E-state index contributed by atoms with van der Waals surface area (Å²) < 4.78 is 5.81. The predicted molar refractivity (Wildman–Crippen MR) is 101 cm³/mol. The average molecular weight is 338 g/mol. The molecule has 122 valence electrons. The lowest BCUT2D eigenvalue weighted by Crippen LogP contribution is -2.01. The topological polar surface area (TPSA) is 21.3 Å². The lowest BCUT2D eigenvalue weighted by Gasteiger charge is -2.11. The van der Waals surface area contributed by atoms with Gasteiger partial charge in [-0.1, -0.05) is 60.1 Å². The molecule has 24 heavy (non-hydrogen) atoms. The van der Waals surface area contributed by atoms with E-state index in [4.69, 9.17) is 16.3 Å². The molecule has 1 N–H and O–H groups in total. The molecule has 0 radical (unpaired) electrons. The molecule has 0 amide bonds. The zero-order valence-corrected chi connectivity index (χ0v) is 14.4. The zero-order valence-electron chi connectivity index (χ0n) is 13.6. The number of hydrogen-bond acceptors (Lipinski definition) is 2. The maximum absolute atomic E-state index is 6.05. The fourth-order valence-corrected chi connectivity index (χ4v) is 2.60. The highest BCUT2D eigenvalue weighted by Gasteiger charge is 2.01. The van der Waals surface area contributed by atoms with Crippen LogP contribution in [-0.2, 0) is 13.2 Å². The fraction of sp³-hybridized carbons (Fsp3) is 0.143. The molecule has 0 bridgehead atoms. The number of nitrogens with one attached hydrogen (secondary N) is 1. The van der Waals surface area contributed by atoms with E-state index in [1.54, 1.807) is 0 Å². The van der Waals surface area contributed by atoms with Crippen LogP contribution in [0.2, 0.25) is 5.02 Å². The van der Waals surface area contributed by atoms with Gasteiger partial charge in [-0.25, -0.2) is 0 Å². The first-order chi connectivity index (χ1) is 11.7. The maximum atomic E-state index is 6.05. The molecule has 0 aromatic heterocycles. The van der Waals surface area contributed by atoms with Gasteiger partial charge in [0.1, 0.15) is 12.4 Å². The van der Waals surface area contributed by atoms with E-state index < -0.39 is 0 Å². The number of halogens is 1. The molecule has 3 aromatic rings. The van der Waals surface area contributed by atoms with Crippen LogP contribution in [0.4, 0.5) is 5.69 Å².